The SMILES string of the molecule is CC[C@H]1C[C@H](N(C)C(=O)/C=C/c2ccoc2)[C@H]2Oc3c(O)ccc4c3[C@@]23CCN(CCc2ccccc2)[C@H](C4)[C@]13O. The van der Waals surface area contributed by atoms with Crippen LogP contribution in [0, 0.1) is 5.92 Å². The van der Waals surface area contributed by atoms with Gasteiger partial charge in [-0.3, -0.25) is 9.69 Å². The van der Waals surface area contributed by atoms with Crippen LogP contribution in [0.4, 0.5) is 0 Å². The van der Waals surface area contributed by atoms with Gasteiger partial charge < -0.3 is 24.3 Å². The monoisotopic (exact) mass is 554 g/mol. The Labute approximate surface area is 241 Å². The number of likely N-dealkylation sites (tertiary alicyclic amines) is 1. The van der Waals surface area contributed by atoms with Gasteiger partial charge in [-0.25, -0.2) is 0 Å². The molecular weight excluding hydrogens is 516 g/mol. The molecule has 1 amide bonds. The topological polar surface area (TPSA) is 86.4 Å². The van der Waals surface area contributed by atoms with Crippen molar-refractivity contribution in [2.45, 2.75) is 68.2 Å². The van der Waals surface area contributed by atoms with E-state index in [0.717, 1.165) is 49.0 Å². The Morgan fingerprint density at radius 2 is 2.02 bits per heavy atom. The van der Waals surface area contributed by atoms with Crippen molar-refractivity contribution in [2.75, 3.05) is 20.1 Å². The number of carbonyl (C=O) groups excluding carboxylic acids is 1. The molecule has 1 spiro atoms. The van der Waals surface area contributed by atoms with Crippen LogP contribution in [0.5, 0.6) is 11.5 Å². The molecule has 2 aliphatic carbocycles. The van der Waals surface area contributed by atoms with Gasteiger partial charge in [-0.2, -0.15) is 0 Å². The van der Waals surface area contributed by atoms with Crippen molar-refractivity contribution in [3.05, 3.63) is 89.4 Å². The second-order valence-corrected chi connectivity index (χ2v) is 12.3. The zero-order valence-corrected chi connectivity index (χ0v) is 23.7. The van der Waals surface area contributed by atoms with E-state index in [2.05, 4.69) is 36.1 Å². The summed E-state index contributed by atoms with van der Waals surface area (Å²) < 4.78 is 11.8. The van der Waals surface area contributed by atoms with Gasteiger partial charge in [-0.05, 0) is 67.5 Å². The Morgan fingerprint density at radius 1 is 1.20 bits per heavy atom. The molecule has 6 atom stereocenters. The Bertz CT molecular complexity index is 1470. The number of benzene rings is 2. The normalized spacial score (nSPS) is 31.6. The fourth-order valence-corrected chi connectivity index (χ4v) is 8.68. The van der Waals surface area contributed by atoms with E-state index in [-0.39, 0.29) is 29.7 Å². The Balaban J connectivity index is 1.28. The molecule has 3 heterocycles. The lowest BCUT2D eigenvalue weighted by molar-refractivity contribution is -0.228. The second kappa shape index (κ2) is 9.78. The standard InChI is InChI=1S/C34H38N2O5/c1-3-25-20-26(35(2)29(38)12-9-23-14-18-40-21-23)32-33-15-17-36(16-13-22-7-5-4-6-8-22)28(34(25,33)39)19-24-10-11-27(37)31(41-32)30(24)33/h4-12,14,18,21,25-26,28,32,37,39H,3,13,15-17,19-20H2,1-2H3/b12-9+/t25-,26-,28+,32+,33-,34+/m0/s1. The van der Waals surface area contributed by atoms with E-state index in [1.807, 2.05) is 25.2 Å². The van der Waals surface area contributed by atoms with E-state index < -0.39 is 17.1 Å². The maximum Gasteiger partial charge on any atom is 0.246 e. The fourth-order valence-electron chi connectivity index (χ4n) is 8.68. The number of piperidine rings is 1. The summed E-state index contributed by atoms with van der Waals surface area (Å²) in [6.07, 6.45) is 9.85. The number of carbonyl (C=O) groups is 1. The van der Waals surface area contributed by atoms with Crippen LogP contribution in [-0.2, 0) is 23.1 Å². The summed E-state index contributed by atoms with van der Waals surface area (Å²) in [5.41, 5.74) is 2.50. The molecule has 2 N–H and O–H groups in total. The van der Waals surface area contributed by atoms with Gasteiger partial charge in [0, 0.05) is 36.8 Å². The number of hydrogen-bond acceptors (Lipinski definition) is 6. The summed E-state index contributed by atoms with van der Waals surface area (Å²) in [4.78, 5) is 17.8. The van der Waals surface area contributed by atoms with Crippen LogP contribution in [0.2, 0.25) is 0 Å². The molecule has 2 fully saturated rings. The van der Waals surface area contributed by atoms with E-state index in [1.54, 1.807) is 35.6 Å². The first-order valence-electron chi connectivity index (χ1n) is 14.9. The first-order chi connectivity index (χ1) is 19.9. The molecule has 0 radical (unpaired) electrons. The number of rotatable bonds is 7. The number of amides is 1. The van der Waals surface area contributed by atoms with Gasteiger partial charge in [-0.1, -0.05) is 49.7 Å². The van der Waals surface area contributed by atoms with Crippen molar-refractivity contribution in [2.24, 2.45) is 5.92 Å². The number of likely N-dealkylation sites (N-methyl/N-ethyl adjacent to an activating group) is 1. The summed E-state index contributed by atoms with van der Waals surface area (Å²) >= 11 is 0. The molecule has 4 aliphatic rings. The van der Waals surface area contributed by atoms with Crippen molar-refractivity contribution in [3.8, 4) is 11.5 Å². The van der Waals surface area contributed by atoms with E-state index in [9.17, 15) is 15.0 Å². The number of aromatic hydroxyl groups is 1. The molecule has 1 saturated carbocycles. The van der Waals surface area contributed by atoms with Gasteiger partial charge in [-0.15, -0.1) is 0 Å². The Kier molecular flexibility index (Phi) is 6.28. The summed E-state index contributed by atoms with van der Waals surface area (Å²) in [7, 11) is 1.84. The van der Waals surface area contributed by atoms with Crippen LogP contribution < -0.4 is 4.74 Å². The maximum absolute atomic E-state index is 13.5. The molecule has 7 heteroatoms. The predicted molar refractivity (Wildman–Crippen MR) is 156 cm³/mol. The summed E-state index contributed by atoms with van der Waals surface area (Å²) in [6.45, 7) is 3.85. The van der Waals surface area contributed by atoms with Crippen molar-refractivity contribution < 1.29 is 24.2 Å². The average Bonchev–Trinajstić information content (AvgIpc) is 3.63. The second-order valence-electron chi connectivity index (χ2n) is 12.3. The Hall–Kier alpha value is -3.55. The van der Waals surface area contributed by atoms with Gasteiger partial charge in [0.05, 0.1) is 29.6 Å². The van der Waals surface area contributed by atoms with Gasteiger partial charge in [0.15, 0.2) is 11.5 Å². The molecule has 214 valence electrons. The maximum atomic E-state index is 13.5. The quantitative estimate of drug-likeness (QED) is 0.417. The third-order valence-corrected chi connectivity index (χ3v) is 10.6. The molecule has 0 unspecified atom stereocenters. The van der Waals surface area contributed by atoms with Crippen molar-refractivity contribution in [1.82, 2.24) is 9.80 Å². The molecule has 2 aromatic carbocycles. The fraction of sp³-hybridized carbons (Fsp3) is 0.441. The number of phenols is 1. The van der Waals surface area contributed by atoms with Crippen molar-refractivity contribution >= 4 is 12.0 Å². The van der Waals surface area contributed by atoms with Crippen LogP contribution in [-0.4, -0.2) is 69.8 Å². The lowest BCUT2D eigenvalue weighted by Crippen LogP contribution is -2.81. The first kappa shape index (κ1) is 26.4. The number of aliphatic hydroxyl groups is 1. The van der Waals surface area contributed by atoms with Crippen LogP contribution in [0.1, 0.15) is 48.4 Å². The first-order valence-corrected chi connectivity index (χ1v) is 14.9. The van der Waals surface area contributed by atoms with Gasteiger partial charge in [0.2, 0.25) is 5.91 Å². The summed E-state index contributed by atoms with van der Waals surface area (Å²) in [5, 5.41) is 24.1. The smallest absolute Gasteiger partial charge is 0.246 e. The molecule has 7 nitrogen and oxygen atoms in total. The molecule has 2 aliphatic heterocycles. The zero-order chi connectivity index (χ0) is 28.4. The Morgan fingerprint density at radius 3 is 2.78 bits per heavy atom. The molecular formula is C34H38N2O5. The van der Waals surface area contributed by atoms with E-state index in [1.165, 1.54) is 5.56 Å². The number of hydrogen-bond donors (Lipinski definition) is 2. The molecule has 7 rings (SSSR count). The molecule has 3 aromatic rings. The number of ether oxygens (including phenoxy) is 1. The lowest BCUT2D eigenvalue weighted by Gasteiger charge is -2.67. The van der Waals surface area contributed by atoms with Crippen LogP contribution in [0.25, 0.3) is 6.08 Å². The van der Waals surface area contributed by atoms with Gasteiger partial charge >= 0.3 is 0 Å². The zero-order valence-electron chi connectivity index (χ0n) is 23.7. The van der Waals surface area contributed by atoms with Crippen molar-refractivity contribution in [1.29, 1.82) is 0 Å². The third-order valence-electron chi connectivity index (χ3n) is 10.6. The summed E-state index contributed by atoms with van der Waals surface area (Å²) in [6, 6.07) is 15.8. The summed E-state index contributed by atoms with van der Waals surface area (Å²) in [5.74, 6) is 0.454. The highest BCUT2D eigenvalue weighted by Crippen LogP contribution is 2.67. The minimum absolute atomic E-state index is 0.0357. The molecule has 41 heavy (non-hydrogen) atoms. The minimum Gasteiger partial charge on any atom is -0.504 e. The van der Waals surface area contributed by atoms with E-state index in [4.69, 9.17) is 9.15 Å². The minimum atomic E-state index is -1.04. The van der Waals surface area contributed by atoms with Crippen LogP contribution in [0.15, 0.2) is 71.6 Å². The highest BCUT2D eigenvalue weighted by atomic mass is 16.5. The third kappa shape index (κ3) is 3.75. The highest BCUT2D eigenvalue weighted by Gasteiger charge is 2.75. The number of phenolic OH excluding ortho intramolecular Hbond substituents is 1. The van der Waals surface area contributed by atoms with Crippen molar-refractivity contribution in [3.63, 3.8) is 0 Å². The number of nitrogens with zero attached hydrogens (tertiary/aromatic N) is 2. The molecule has 1 aromatic heterocycles. The highest BCUT2D eigenvalue weighted by molar-refractivity contribution is 5.92. The van der Waals surface area contributed by atoms with E-state index >= 15 is 0 Å². The number of furan rings is 1. The largest absolute Gasteiger partial charge is 0.504 e. The molecule has 1 saturated heterocycles. The van der Waals surface area contributed by atoms with E-state index in [0.29, 0.717) is 18.6 Å². The lowest BCUT2D eigenvalue weighted by atomic mass is 9.45. The van der Waals surface area contributed by atoms with Gasteiger partial charge in [0.1, 0.15) is 6.10 Å². The molecule has 2 bridgehead atoms. The van der Waals surface area contributed by atoms with Crippen LogP contribution in [0.3, 0.4) is 0 Å². The average molecular weight is 555 g/mol. The van der Waals surface area contributed by atoms with Crippen LogP contribution >= 0.6 is 0 Å². The predicted octanol–water partition coefficient (Wildman–Crippen LogP) is 4.56. The van der Waals surface area contributed by atoms with Gasteiger partial charge in [0.25, 0.3) is 0 Å².